The first kappa shape index (κ1) is 15.6. The van der Waals surface area contributed by atoms with Crippen LogP contribution in [0.2, 0.25) is 0 Å². The fraction of sp³-hybridized carbons (Fsp3) is 0.368. The van der Waals surface area contributed by atoms with Crippen molar-refractivity contribution in [2.75, 3.05) is 6.54 Å². The van der Waals surface area contributed by atoms with E-state index in [4.69, 9.17) is 4.74 Å². The van der Waals surface area contributed by atoms with E-state index in [1.807, 2.05) is 12.1 Å². The third-order valence-corrected chi connectivity index (χ3v) is 3.51. The lowest BCUT2D eigenvalue weighted by molar-refractivity contribution is 0.196. The predicted molar refractivity (Wildman–Crippen MR) is 88.8 cm³/mol. The maximum atomic E-state index is 6.31. The van der Waals surface area contributed by atoms with Gasteiger partial charge in [0.2, 0.25) is 0 Å². The molecule has 2 nitrogen and oxygen atoms in total. The van der Waals surface area contributed by atoms with Crippen molar-refractivity contribution in [2.45, 2.75) is 39.3 Å². The highest BCUT2D eigenvalue weighted by atomic mass is 16.5. The van der Waals surface area contributed by atoms with Gasteiger partial charge in [-0.25, -0.2) is 0 Å². The van der Waals surface area contributed by atoms with Gasteiger partial charge in [0.15, 0.2) is 0 Å². The molecule has 1 unspecified atom stereocenters. The van der Waals surface area contributed by atoms with E-state index in [1.165, 1.54) is 11.1 Å². The third-order valence-electron chi connectivity index (χ3n) is 3.51. The van der Waals surface area contributed by atoms with Gasteiger partial charge in [-0.3, -0.25) is 0 Å². The van der Waals surface area contributed by atoms with Gasteiger partial charge >= 0.3 is 0 Å². The summed E-state index contributed by atoms with van der Waals surface area (Å²) in [5, 5.41) is 3.48. The Morgan fingerprint density at radius 3 is 2.29 bits per heavy atom. The summed E-state index contributed by atoms with van der Waals surface area (Å²) in [7, 11) is 0. The van der Waals surface area contributed by atoms with E-state index in [1.54, 1.807) is 0 Å². The third kappa shape index (κ3) is 4.61. The molecule has 0 aromatic heterocycles. The number of para-hydroxylation sites is 1. The van der Waals surface area contributed by atoms with Crippen molar-refractivity contribution in [1.29, 1.82) is 0 Å². The molecular weight excluding hydrogens is 258 g/mol. The van der Waals surface area contributed by atoms with Crippen LogP contribution in [0.15, 0.2) is 54.6 Å². The van der Waals surface area contributed by atoms with Crippen LogP contribution in [-0.2, 0) is 6.42 Å². The lowest BCUT2D eigenvalue weighted by Crippen LogP contribution is -2.30. The highest BCUT2D eigenvalue weighted by Gasteiger charge is 2.15. The van der Waals surface area contributed by atoms with Gasteiger partial charge < -0.3 is 10.1 Å². The summed E-state index contributed by atoms with van der Waals surface area (Å²) in [5.74, 6) is 0.986. The average Bonchev–Trinajstić information content (AvgIpc) is 2.52. The van der Waals surface area contributed by atoms with Gasteiger partial charge in [0, 0.05) is 12.6 Å². The molecule has 1 N–H and O–H groups in total. The Bertz CT molecular complexity index is 536. The summed E-state index contributed by atoms with van der Waals surface area (Å²) in [6, 6.07) is 19.2. The van der Waals surface area contributed by atoms with Crippen LogP contribution in [-0.4, -0.2) is 12.6 Å². The van der Waals surface area contributed by atoms with E-state index < -0.39 is 0 Å². The Hall–Kier alpha value is -1.80. The van der Waals surface area contributed by atoms with Gasteiger partial charge in [-0.15, -0.1) is 0 Å². The van der Waals surface area contributed by atoms with E-state index in [0.29, 0.717) is 6.04 Å². The summed E-state index contributed by atoms with van der Waals surface area (Å²) >= 11 is 0. The standard InChI is InChI=1S/C19H25NO/c1-4-16-10-8-9-13-18(16)21-19(14-20-15(2)3)17-11-6-5-7-12-17/h5-13,15,19-20H,4,14H2,1-3H3. The number of aryl methyl sites for hydroxylation is 1. The lowest BCUT2D eigenvalue weighted by atomic mass is 10.1. The first-order valence-corrected chi connectivity index (χ1v) is 7.73. The van der Waals surface area contributed by atoms with Gasteiger partial charge in [-0.2, -0.15) is 0 Å². The zero-order valence-corrected chi connectivity index (χ0v) is 13.2. The fourth-order valence-electron chi connectivity index (χ4n) is 2.30. The van der Waals surface area contributed by atoms with Crippen molar-refractivity contribution in [3.05, 3.63) is 65.7 Å². The highest BCUT2D eigenvalue weighted by Crippen LogP contribution is 2.25. The van der Waals surface area contributed by atoms with Crippen LogP contribution in [0.3, 0.4) is 0 Å². The number of rotatable bonds is 7. The summed E-state index contributed by atoms with van der Waals surface area (Å²) in [6.45, 7) is 7.27. The van der Waals surface area contributed by atoms with Crippen LogP contribution >= 0.6 is 0 Å². The number of ether oxygens (including phenoxy) is 1. The van der Waals surface area contributed by atoms with E-state index in [0.717, 1.165) is 18.7 Å². The van der Waals surface area contributed by atoms with Crippen LogP contribution < -0.4 is 10.1 Å². The molecule has 0 spiro atoms. The molecule has 0 aliphatic carbocycles. The smallest absolute Gasteiger partial charge is 0.136 e. The molecule has 0 aliphatic rings. The van der Waals surface area contributed by atoms with E-state index in [9.17, 15) is 0 Å². The van der Waals surface area contributed by atoms with E-state index >= 15 is 0 Å². The zero-order chi connectivity index (χ0) is 15.1. The number of hydrogen-bond donors (Lipinski definition) is 1. The summed E-state index contributed by atoms with van der Waals surface area (Å²) < 4.78 is 6.31. The quantitative estimate of drug-likeness (QED) is 0.815. The topological polar surface area (TPSA) is 21.3 Å². The molecule has 0 fully saturated rings. The maximum Gasteiger partial charge on any atom is 0.136 e. The Labute approximate surface area is 128 Å². The van der Waals surface area contributed by atoms with Crippen LogP contribution in [0.5, 0.6) is 5.75 Å². The Balaban J connectivity index is 2.19. The summed E-state index contributed by atoms with van der Waals surface area (Å²) in [5.41, 5.74) is 2.46. The molecule has 0 bridgehead atoms. The summed E-state index contributed by atoms with van der Waals surface area (Å²) in [6.07, 6.45) is 1.01. The molecule has 0 radical (unpaired) electrons. The van der Waals surface area contributed by atoms with E-state index in [-0.39, 0.29) is 6.10 Å². The maximum absolute atomic E-state index is 6.31. The predicted octanol–water partition coefficient (Wildman–Crippen LogP) is 4.37. The van der Waals surface area contributed by atoms with Crippen molar-refractivity contribution in [3.63, 3.8) is 0 Å². The molecule has 112 valence electrons. The Morgan fingerprint density at radius 2 is 1.62 bits per heavy atom. The molecule has 21 heavy (non-hydrogen) atoms. The van der Waals surface area contributed by atoms with Crippen LogP contribution in [0, 0.1) is 0 Å². The van der Waals surface area contributed by atoms with Crippen molar-refractivity contribution < 1.29 is 4.74 Å². The molecule has 1 atom stereocenters. The molecule has 2 heteroatoms. The molecule has 0 amide bonds. The number of benzene rings is 2. The second kappa shape index (κ2) is 7.84. The second-order valence-corrected chi connectivity index (χ2v) is 5.54. The zero-order valence-electron chi connectivity index (χ0n) is 13.2. The average molecular weight is 283 g/mol. The Kier molecular flexibility index (Phi) is 5.82. The normalized spacial score (nSPS) is 12.4. The van der Waals surface area contributed by atoms with Gasteiger partial charge in [-0.1, -0.05) is 69.3 Å². The van der Waals surface area contributed by atoms with Crippen LogP contribution in [0.25, 0.3) is 0 Å². The minimum absolute atomic E-state index is 0.0290. The molecule has 0 aliphatic heterocycles. The monoisotopic (exact) mass is 283 g/mol. The Morgan fingerprint density at radius 1 is 0.952 bits per heavy atom. The molecule has 2 aromatic carbocycles. The number of hydrogen-bond acceptors (Lipinski definition) is 2. The number of nitrogens with one attached hydrogen (secondary N) is 1. The van der Waals surface area contributed by atoms with Crippen molar-refractivity contribution in [3.8, 4) is 5.75 Å². The highest BCUT2D eigenvalue weighted by molar-refractivity contribution is 5.34. The van der Waals surface area contributed by atoms with Gasteiger partial charge in [-0.05, 0) is 23.6 Å². The second-order valence-electron chi connectivity index (χ2n) is 5.54. The van der Waals surface area contributed by atoms with Crippen LogP contribution in [0.1, 0.15) is 38.0 Å². The molecule has 0 saturated heterocycles. The molecule has 2 aromatic rings. The largest absolute Gasteiger partial charge is 0.484 e. The minimum Gasteiger partial charge on any atom is -0.484 e. The summed E-state index contributed by atoms with van der Waals surface area (Å²) in [4.78, 5) is 0. The van der Waals surface area contributed by atoms with Crippen molar-refractivity contribution >= 4 is 0 Å². The van der Waals surface area contributed by atoms with E-state index in [2.05, 4.69) is 68.6 Å². The van der Waals surface area contributed by atoms with Crippen molar-refractivity contribution in [1.82, 2.24) is 5.32 Å². The minimum atomic E-state index is 0.0290. The molecule has 2 rings (SSSR count). The van der Waals surface area contributed by atoms with Gasteiger partial charge in [0.05, 0.1) is 0 Å². The molecule has 0 saturated carbocycles. The lowest BCUT2D eigenvalue weighted by Gasteiger charge is -2.23. The fourth-order valence-corrected chi connectivity index (χ4v) is 2.30. The first-order valence-electron chi connectivity index (χ1n) is 7.73. The molecular formula is C19H25NO. The van der Waals surface area contributed by atoms with Crippen LogP contribution in [0.4, 0.5) is 0 Å². The molecule has 0 heterocycles. The SMILES string of the molecule is CCc1ccccc1OC(CNC(C)C)c1ccccc1. The van der Waals surface area contributed by atoms with Gasteiger partial charge in [0.25, 0.3) is 0 Å². The van der Waals surface area contributed by atoms with Crippen molar-refractivity contribution in [2.24, 2.45) is 0 Å². The van der Waals surface area contributed by atoms with Gasteiger partial charge in [0.1, 0.15) is 11.9 Å². The first-order chi connectivity index (χ1) is 10.2.